The summed E-state index contributed by atoms with van der Waals surface area (Å²) in [5.41, 5.74) is 5.23. The average molecular weight is 389 g/mol. The van der Waals surface area contributed by atoms with Gasteiger partial charge in [-0.25, -0.2) is 0 Å². The first-order chi connectivity index (χ1) is 13.7. The van der Waals surface area contributed by atoms with Crippen LogP contribution < -0.4 is 0 Å². The summed E-state index contributed by atoms with van der Waals surface area (Å²) in [6.45, 7) is 4.59. The molecule has 0 spiro atoms. The van der Waals surface area contributed by atoms with Gasteiger partial charge in [0, 0.05) is 10.4 Å². The molecule has 4 rings (SSSR count). The van der Waals surface area contributed by atoms with Crippen molar-refractivity contribution in [1.29, 1.82) is 0 Å². The lowest BCUT2D eigenvalue weighted by Gasteiger charge is -2.14. The first-order valence-electron chi connectivity index (χ1n) is 9.30. The standard InChI is InChI=1S/C24H21ClN2O/c1-3-28-24(26-21-12-10-20(25)11-13-21)27-22-14-9-17(2)15-19(22)16-23(27)18-7-5-4-6-8-18/h4-16H,3H2,1-2H3. The van der Waals surface area contributed by atoms with Gasteiger partial charge in [-0.1, -0.05) is 53.6 Å². The third-order valence-electron chi connectivity index (χ3n) is 4.54. The van der Waals surface area contributed by atoms with Crippen molar-refractivity contribution in [1.82, 2.24) is 4.57 Å². The fraction of sp³-hybridized carbons (Fsp3) is 0.125. The maximum absolute atomic E-state index is 6.02. The molecule has 4 aromatic rings. The Morgan fingerprint density at radius 3 is 2.43 bits per heavy atom. The van der Waals surface area contributed by atoms with Gasteiger partial charge in [0.05, 0.1) is 23.5 Å². The number of aliphatic imine (C=N–C) groups is 1. The van der Waals surface area contributed by atoms with Crippen molar-refractivity contribution in [2.75, 3.05) is 6.61 Å². The normalized spacial score (nSPS) is 11.8. The number of nitrogens with zero attached hydrogens (tertiary/aromatic N) is 2. The number of aryl methyl sites for hydroxylation is 1. The van der Waals surface area contributed by atoms with Crippen molar-refractivity contribution in [2.24, 2.45) is 4.99 Å². The molecule has 0 atom stereocenters. The van der Waals surface area contributed by atoms with Crippen LogP contribution in [-0.2, 0) is 4.74 Å². The highest BCUT2D eigenvalue weighted by molar-refractivity contribution is 6.30. The van der Waals surface area contributed by atoms with Gasteiger partial charge in [0.1, 0.15) is 0 Å². The third-order valence-corrected chi connectivity index (χ3v) is 4.79. The number of benzene rings is 3. The van der Waals surface area contributed by atoms with Gasteiger partial charge in [0.15, 0.2) is 0 Å². The Bertz CT molecular complexity index is 1130. The van der Waals surface area contributed by atoms with E-state index in [1.54, 1.807) is 0 Å². The lowest BCUT2D eigenvalue weighted by molar-refractivity contribution is 0.314. The Kier molecular flexibility index (Phi) is 5.18. The minimum absolute atomic E-state index is 0.520. The summed E-state index contributed by atoms with van der Waals surface area (Å²) in [6.07, 6.45) is 0. The van der Waals surface area contributed by atoms with E-state index in [0.29, 0.717) is 17.7 Å². The Labute approximate surface area is 169 Å². The van der Waals surface area contributed by atoms with Crippen molar-refractivity contribution in [3.05, 3.63) is 89.4 Å². The molecule has 0 N–H and O–H groups in total. The smallest absolute Gasteiger partial charge is 0.301 e. The number of rotatable bonds is 3. The van der Waals surface area contributed by atoms with Gasteiger partial charge in [-0.3, -0.25) is 4.57 Å². The topological polar surface area (TPSA) is 26.5 Å². The fourth-order valence-electron chi connectivity index (χ4n) is 3.26. The van der Waals surface area contributed by atoms with Crippen LogP contribution in [-0.4, -0.2) is 17.2 Å². The molecule has 0 aliphatic carbocycles. The van der Waals surface area contributed by atoms with E-state index in [9.17, 15) is 0 Å². The number of aromatic nitrogens is 1. The summed E-state index contributed by atoms with van der Waals surface area (Å²) in [5.74, 6) is 0. The SMILES string of the molecule is CCOC(=Nc1ccc(Cl)cc1)n1c(-c2ccccc2)cc2cc(C)ccc21. The van der Waals surface area contributed by atoms with Crippen molar-refractivity contribution in [3.63, 3.8) is 0 Å². The predicted molar refractivity (Wildman–Crippen MR) is 118 cm³/mol. The second-order valence-corrected chi connectivity index (χ2v) is 7.03. The highest BCUT2D eigenvalue weighted by Gasteiger charge is 2.16. The van der Waals surface area contributed by atoms with E-state index in [0.717, 1.165) is 27.8 Å². The van der Waals surface area contributed by atoms with Crippen LogP contribution in [0.15, 0.2) is 83.9 Å². The highest BCUT2D eigenvalue weighted by Crippen LogP contribution is 2.30. The summed E-state index contributed by atoms with van der Waals surface area (Å²) in [4.78, 5) is 4.79. The van der Waals surface area contributed by atoms with Crippen LogP contribution in [0.2, 0.25) is 5.02 Å². The van der Waals surface area contributed by atoms with Crippen molar-refractivity contribution >= 4 is 34.2 Å². The van der Waals surface area contributed by atoms with Gasteiger partial charge in [-0.05, 0) is 61.9 Å². The van der Waals surface area contributed by atoms with Gasteiger partial charge in [-0.15, -0.1) is 0 Å². The van der Waals surface area contributed by atoms with Crippen LogP contribution in [0.25, 0.3) is 22.2 Å². The number of hydrogen-bond acceptors (Lipinski definition) is 2. The second-order valence-electron chi connectivity index (χ2n) is 6.60. The highest BCUT2D eigenvalue weighted by atomic mass is 35.5. The first kappa shape index (κ1) is 18.3. The molecule has 140 valence electrons. The van der Waals surface area contributed by atoms with Gasteiger partial charge >= 0.3 is 6.02 Å². The summed E-state index contributed by atoms with van der Waals surface area (Å²) < 4.78 is 8.09. The Morgan fingerprint density at radius 1 is 0.964 bits per heavy atom. The van der Waals surface area contributed by atoms with Crippen LogP contribution in [0.1, 0.15) is 12.5 Å². The average Bonchev–Trinajstić information content (AvgIpc) is 3.08. The molecule has 3 aromatic carbocycles. The fourth-order valence-corrected chi connectivity index (χ4v) is 3.39. The Balaban J connectivity index is 1.97. The molecule has 0 unspecified atom stereocenters. The molecule has 0 aliphatic heterocycles. The zero-order valence-electron chi connectivity index (χ0n) is 15.9. The molecule has 0 amide bonds. The lowest BCUT2D eigenvalue weighted by Crippen LogP contribution is -2.16. The Hall–Kier alpha value is -3.04. The minimum Gasteiger partial charge on any atom is -0.465 e. The largest absolute Gasteiger partial charge is 0.465 e. The molecular formula is C24H21ClN2O. The lowest BCUT2D eigenvalue weighted by atomic mass is 10.1. The molecule has 0 fully saturated rings. The number of halogens is 1. The molecule has 1 aromatic heterocycles. The molecular weight excluding hydrogens is 368 g/mol. The molecule has 1 heterocycles. The van der Waals surface area contributed by atoms with Crippen molar-refractivity contribution in [3.8, 4) is 11.3 Å². The predicted octanol–water partition coefficient (Wildman–Crippen LogP) is 6.84. The zero-order valence-corrected chi connectivity index (χ0v) is 16.6. The molecule has 0 bridgehead atoms. The van der Waals surface area contributed by atoms with Crippen LogP contribution in [0.5, 0.6) is 0 Å². The van der Waals surface area contributed by atoms with E-state index in [2.05, 4.69) is 47.9 Å². The third kappa shape index (κ3) is 3.67. The van der Waals surface area contributed by atoms with Crippen LogP contribution >= 0.6 is 11.6 Å². The minimum atomic E-state index is 0.520. The molecule has 0 saturated carbocycles. The van der Waals surface area contributed by atoms with Crippen LogP contribution in [0.4, 0.5) is 5.69 Å². The Morgan fingerprint density at radius 2 is 1.71 bits per heavy atom. The first-order valence-corrected chi connectivity index (χ1v) is 9.68. The zero-order chi connectivity index (χ0) is 19.5. The second kappa shape index (κ2) is 7.91. The maximum Gasteiger partial charge on any atom is 0.301 e. The van der Waals surface area contributed by atoms with Gasteiger partial charge < -0.3 is 4.74 Å². The van der Waals surface area contributed by atoms with Gasteiger partial charge in [0.2, 0.25) is 0 Å². The number of ether oxygens (including phenoxy) is 1. The van der Waals surface area contributed by atoms with E-state index >= 15 is 0 Å². The molecule has 3 nitrogen and oxygen atoms in total. The quantitative estimate of drug-likeness (QED) is 0.278. The van der Waals surface area contributed by atoms with Crippen LogP contribution in [0, 0.1) is 6.92 Å². The van der Waals surface area contributed by atoms with Crippen molar-refractivity contribution in [2.45, 2.75) is 13.8 Å². The van der Waals surface area contributed by atoms with E-state index in [4.69, 9.17) is 21.3 Å². The molecule has 0 radical (unpaired) electrons. The summed E-state index contributed by atoms with van der Waals surface area (Å²) in [7, 11) is 0. The summed E-state index contributed by atoms with van der Waals surface area (Å²) >= 11 is 6.02. The summed E-state index contributed by atoms with van der Waals surface area (Å²) in [6, 6.07) is 26.9. The molecule has 4 heteroatoms. The molecule has 0 saturated heterocycles. The van der Waals surface area contributed by atoms with E-state index < -0.39 is 0 Å². The maximum atomic E-state index is 6.02. The number of hydrogen-bond donors (Lipinski definition) is 0. The van der Waals surface area contributed by atoms with E-state index in [1.807, 2.05) is 49.4 Å². The van der Waals surface area contributed by atoms with Crippen LogP contribution in [0.3, 0.4) is 0 Å². The number of fused-ring (bicyclic) bond motifs is 1. The monoisotopic (exact) mass is 388 g/mol. The van der Waals surface area contributed by atoms with Crippen molar-refractivity contribution < 1.29 is 4.74 Å². The molecule has 0 aliphatic rings. The van der Waals surface area contributed by atoms with E-state index in [1.165, 1.54) is 5.56 Å². The summed E-state index contributed by atoms with van der Waals surface area (Å²) in [5, 5.41) is 1.84. The molecule has 28 heavy (non-hydrogen) atoms. The van der Waals surface area contributed by atoms with E-state index in [-0.39, 0.29) is 0 Å². The van der Waals surface area contributed by atoms with Gasteiger partial charge in [0.25, 0.3) is 0 Å². The van der Waals surface area contributed by atoms with Gasteiger partial charge in [-0.2, -0.15) is 4.99 Å².